The first-order chi connectivity index (χ1) is 17.5. The molecule has 0 N–H and O–H groups in total. The molecule has 2 aromatic carbocycles. The Morgan fingerprint density at radius 2 is 1.72 bits per heavy atom. The number of aromatic nitrogens is 1. The van der Waals surface area contributed by atoms with Gasteiger partial charge in [-0.2, -0.15) is 0 Å². The van der Waals surface area contributed by atoms with E-state index in [-0.39, 0.29) is 11.8 Å². The van der Waals surface area contributed by atoms with Crippen LogP contribution in [0.25, 0.3) is 21.9 Å². The van der Waals surface area contributed by atoms with Gasteiger partial charge in [0.1, 0.15) is 16.5 Å². The Kier molecular flexibility index (Phi) is 4.97. The van der Waals surface area contributed by atoms with Crippen molar-refractivity contribution in [3.8, 4) is 11.1 Å². The van der Waals surface area contributed by atoms with E-state index in [4.69, 9.17) is 16.6 Å². The third-order valence-electron chi connectivity index (χ3n) is 8.07. The van der Waals surface area contributed by atoms with Crippen LogP contribution < -0.4 is 0 Å². The maximum absolute atomic E-state index is 13.3. The molecule has 4 aliphatic rings. The Morgan fingerprint density at radius 3 is 2.47 bits per heavy atom. The smallest absolute Gasteiger partial charge is 0.256 e. The fraction of sp³-hybridized carbons (Fsp3) is 0.379. The number of hydrogen-bond donors (Lipinski definition) is 0. The summed E-state index contributed by atoms with van der Waals surface area (Å²) in [4.78, 5) is 38.9. The van der Waals surface area contributed by atoms with Crippen LogP contribution in [0.1, 0.15) is 37.7 Å². The monoisotopic (exact) mass is 498 g/mol. The largest absolute Gasteiger partial charge is 0.342 e. The second-order valence-electron chi connectivity index (χ2n) is 10.7. The minimum Gasteiger partial charge on any atom is -0.342 e. The van der Waals surface area contributed by atoms with Gasteiger partial charge in [0, 0.05) is 42.7 Å². The van der Waals surface area contributed by atoms with Crippen LogP contribution in [0.5, 0.6) is 0 Å². The van der Waals surface area contributed by atoms with Crippen LogP contribution in [0.2, 0.25) is 5.15 Å². The molecule has 6 nitrogen and oxygen atoms in total. The summed E-state index contributed by atoms with van der Waals surface area (Å²) in [5.41, 5.74) is 2.62. The molecule has 36 heavy (non-hydrogen) atoms. The number of amides is 2. The van der Waals surface area contributed by atoms with Crippen molar-refractivity contribution in [1.82, 2.24) is 14.8 Å². The number of pyridine rings is 1. The zero-order valence-electron chi connectivity index (χ0n) is 20.0. The summed E-state index contributed by atoms with van der Waals surface area (Å²) >= 11 is 6.09. The number of rotatable bonds is 5. The van der Waals surface area contributed by atoms with Crippen LogP contribution in [-0.4, -0.2) is 57.6 Å². The topological polar surface area (TPSA) is 65.9 Å². The number of aliphatic imine (C=N–C) groups is 1. The maximum atomic E-state index is 13.3. The molecule has 2 aliphatic carbocycles. The second kappa shape index (κ2) is 8.13. The van der Waals surface area contributed by atoms with E-state index in [2.05, 4.69) is 47.4 Å². The number of nitrogens with zero attached hydrogens (tertiary/aromatic N) is 4. The SMILES string of the molecule is O=C(C1CC1)N1CCC(CN2C(=O)C3(CC3)N=C2c2ccc(-c3ccc4cnc(Cl)cc4c3)cc2)C1. The summed E-state index contributed by atoms with van der Waals surface area (Å²) in [6.07, 6.45) is 6.45. The molecule has 1 atom stereocenters. The van der Waals surface area contributed by atoms with Crippen molar-refractivity contribution in [2.24, 2.45) is 16.8 Å². The number of benzene rings is 2. The Hall–Kier alpha value is -3.25. The van der Waals surface area contributed by atoms with Crippen LogP contribution in [0.3, 0.4) is 0 Å². The molecule has 3 aromatic rings. The molecule has 1 unspecified atom stereocenters. The summed E-state index contributed by atoms with van der Waals surface area (Å²) < 4.78 is 0. The first kappa shape index (κ1) is 22.0. The van der Waals surface area contributed by atoms with Crippen LogP contribution in [0, 0.1) is 11.8 Å². The van der Waals surface area contributed by atoms with Gasteiger partial charge in [-0.15, -0.1) is 0 Å². The lowest BCUT2D eigenvalue weighted by molar-refractivity contribution is -0.131. The number of carbonyl (C=O) groups excluding carboxylic acids is 2. The van der Waals surface area contributed by atoms with Crippen molar-refractivity contribution < 1.29 is 9.59 Å². The lowest BCUT2D eigenvalue weighted by Crippen LogP contribution is -2.40. The second-order valence-corrected chi connectivity index (χ2v) is 11.1. The normalized spacial score (nSPS) is 22.5. The highest BCUT2D eigenvalue weighted by Gasteiger charge is 2.57. The number of hydrogen-bond acceptors (Lipinski definition) is 4. The molecule has 2 saturated carbocycles. The highest BCUT2D eigenvalue weighted by Crippen LogP contribution is 2.46. The average molecular weight is 499 g/mol. The molecule has 0 radical (unpaired) electrons. The van der Waals surface area contributed by atoms with Gasteiger partial charge in [-0.1, -0.05) is 48.0 Å². The molecular formula is C29H27ClN4O2. The molecule has 182 valence electrons. The Labute approximate surface area is 215 Å². The average Bonchev–Trinajstić information content (AvgIpc) is 3.82. The molecule has 2 aliphatic heterocycles. The van der Waals surface area contributed by atoms with Crippen molar-refractivity contribution >= 4 is 40.0 Å². The number of halogens is 1. The molecule has 7 heteroatoms. The standard InChI is InChI=1S/C29H27ClN4O2/c30-25-14-24-13-22(7-8-23(24)15-31-25)19-1-3-20(4-2-19)26-32-29(10-11-29)28(36)34(26)17-18-9-12-33(16-18)27(35)21-5-6-21/h1-4,7-8,13-15,18,21H,5-6,9-12,16-17H2. The molecule has 2 amide bonds. The number of fused-ring (bicyclic) bond motifs is 1. The lowest BCUT2D eigenvalue weighted by atomic mass is 10.0. The first-order valence-corrected chi connectivity index (χ1v) is 13.2. The van der Waals surface area contributed by atoms with Crippen molar-refractivity contribution in [3.05, 3.63) is 65.4 Å². The van der Waals surface area contributed by atoms with E-state index in [1.165, 1.54) is 0 Å². The van der Waals surface area contributed by atoms with E-state index >= 15 is 0 Å². The third-order valence-corrected chi connectivity index (χ3v) is 8.28. The predicted molar refractivity (Wildman–Crippen MR) is 140 cm³/mol. The minimum atomic E-state index is -0.540. The number of carbonyl (C=O) groups is 2. The van der Waals surface area contributed by atoms with Gasteiger partial charge < -0.3 is 4.90 Å². The van der Waals surface area contributed by atoms with Gasteiger partial charge in [-0.3, -0.25) is 19.5 Å². The Bertz CT molecular complexity index is 1420. The lowest BCUT2D eigenvalue weighted by Gasteiger charge is -2.23. The summed E-state index contributed by atoms with van der Waals surface area (Å²) in [6.45, 7) is 2.19. The fourth-order valence-electron chi connectivity index (χ4n) is 5.63. The number of likely N-dealkylation sites (tertiary alicyclic amines) is 1. The molecule has 0 bridgehead atoms. The van der Waals surface area contributed by atoms with E-state index in [1.807, 2.05) is 15.9 Å². The molecule has 1 aromatic heterocycles. The van der Waals surface area contributed by atoms with Gasteiger partial charge >= 0.3 is 0 Å². The van der Waals surface area contributed by atoms with Crippen molar-refractivity contribution in [1.29, 1.82) is 0 Å². The molecule has 3 fully saturated rings. The summed E-state index contributed by atoms with van der Waals surface area (Å²) in [6, 6.07) is 16.5. The van der Waals surface area contributed by atoms with Crippen LogP contribution in [0.15, 0.2) is 59.7 Å². The minimum absolute atomic E-state index is 0.133. The van der Waals surface area contributed by atoms with E-state index in [1.54, 1.807) is 6.20 Å². The van der Waals surface area contributed by atoms with E-state index in [9.17, 15) is 9.59 Å². The van der Waals surface area contributed by atoms with Crippen molar-refractivity contribution in [2.75, 3.05) is 19.6 Å². The van der Waals surface area contributed by atoms with Crippen LogP contribution >= 0.6 is 11.6 Å². The van der Waals surface area contributed by atoms with Crippen molar-refractivity contribution in [2.45, 2.75) is 37.6 Å². The Balaban J connectivity index is 1.12. The van der Waals surface area contributed by atoms with Gasteiger partial charge in [0.15, 0.2) is 0 Å². The van der Waals surface area contributed by atoms with Gasteiger partial charge in [0.25, 0.3) is 5.91 Å². The first-order valence-electron chi connectivity index (χ1n) is 12.9. The quantitative estimate of drug-likeness (QED) is 0.468. The molecular weight excluding hydrogens is 472 g/mol. The molecule has 3 heterocycles. The highest BCUT2D eigenvalue weighted by molar-refractivity contribution is 6.30. The molecule has 7 rings (SSSR count). The zero-order chi connectivity index (χ0) is 24.4. The van der Waals surface area contributed by atoms with Crippen LogP contribution in [-0.2, 0) is 9.59 Å². The van der Waals surface area contributed by atoms with Gasteiger partial charge in [-0.05, 0) is 66.7 Å². The van der Waals surface area contributed by atoms with Gasteiger partial charge in [-0.25, -0.2) is 4.98 Å². The zero-order valence-corrected chi connectivity index (χ0v) is 20.7. The van der Waals surface area contributed by atoms with E-state index in [0.29, 0.717) is 23.5 Å². The van der Waals surface area contributed by atoms with Crippen LogP contribution in [0.4, 0.5) is 0 Å². The van der Waals surface area contributed by atoms with Crippen molar-refractivity contribution in [3.63, 3.8) is 0 Å². The van der Waals surface area contributed by atoms with E-state index in [0.717, 1.165) is 78.5 Å². The summed E-state index contributed by atoms with van der Waals surface area (Å²) in [7, 11) is 0. The van der Waals surface area contributed by atoms with Gasteiger partial charge in [0.2, 0.25) is 5.91 Å². The molecule has 1 spiro atoms. The third kappa shape index (κ3) is 3.79. The molecule has 1 saturated heterocycles. The van der Waals surface area contributed by atoms with E-state index < -0.39 is 5.54 Å². The predicted octanol–water partition coefficient (Wildman–Crippen LogP) is 4.94. The maximum Gasteiger partial charge on any atom is 0.256 e. The fourth-order valence-corrected chi connectivity index (χ4v) is 5.79. The highest BCUT2D eigenvalue weighted by atomic mass is 35.5. The van der Waals surface area contributed by atoms with Gasteiger partial charge in [0.05, 0.1) is 0 Å². The summed E-state index contributed by atoms with van der Waals surface area (Å²) in [5, 5.41) is 2.58. The Morgan fingerprint density at radius 1 is 0.972 bits per heavy atom. The summed E-state index contributed by atoms with van der Waals surface area (Å²) in [5.74, 6) is 1.77. The number of amidine groups is 1.